The van der Waals surface area contributed by atoms with Gasteiger partial charge in [-0.25, -0.2) is 0 Å². The Morgan fingerprint density at radius 1 is 0.400 bits per heavy atom. The second kappa shape index (κ2) is 52.1. The van der Waals surface area contributed by atoms with E-state index in [9.17, 15) is 0 Å². The maximum absolute atomic E-state index is 8.66. The van der Waals surface area contributed by atoms with Crippen LogP contribution in [0.5, 0.6) is 0 Å². The molecule has 0 aliphatic heterocycles. The van der Waals surface area contributed by atoms with Gasteiger partial charge in [0, 0.05) is 23.6 Å². The summed E-state index contributed by atoms with van der Waals surface area (Å²) in [4.78, 5) is 0. The largest absolute Gasteiger partial charge is 1.00 e. The Balaban J connectivity index is -0.000000198. The van der Waals surface area contributed by atoms with Crippen molar-refractivity contribution in [3.63, 3.8) is 0 Å². The molecule has 0 rings (SSSR count). The first-order chi connectivity index (χ1) is 20.8. The van der Waals surface area contributed by atoms with Crippen LogP contribution in [-0.4, -0.2) is 41.0 Å². The second-order valence-electron chi connectivity index (χ2n) is 11.7. The van der Waals surface area contributed by atoms with Crippen LogP contribution in [0.4, 0.5) is 0 Å². The number of allylic oxidation sites excluding steroid dienone is 4. The van der Waals surface area contributed by atoms with Crippen LogP contribution < -0.4 is 59.1 Å². The number of aliphatic hydroxyl groups excluding tert-OH is 2. The Kier molecular flexibility index (Phi) is 64.4. The predicted octanol–water partition coefficient (Wildman–Crippen LogP) is 4.70. The van der Waals surface area contributed by atoms with E-state index in [1.54, 1.807) is 0 Å². The van der Waals surface area contributed by atoms with E-state index in [-0.39, 0.29) is 59.1 Å². The molecule has 0 heterocycles. The van der Waals surface area contributed by atoms with Crippen molar-refractivity contribution in [1.82, 2.24) is 0 Å². The van der Waals surface area contributed by atoms with Crippen LogP contribution in [0, 0.1) is 0 Å². The molecule has 0 amide bonds. The summed E-state index contributed by atoms with van der Waals surface area (Å²) in [7, 11) is -5.17. The summed E-state index contributed by atoms with van der Waals surface area (Å²) in [6.45, 7) is 5.27. The zero-order valence-corrected chi connectivity index (χ0v) is 35.3. The Hall–Kier alpha value is 1.27. The van der Waals surface area contributed by atoms with Crippen LogP contribution in [0.2, 0.25) is 0 Å². The second-order valence-corrected chi connectivity index (χ2v) is 12.5. The molecule has 0 saturated heterocycles. The molecular formula is C36H72Na2O6S. The first-order valence-corrected chi connectivity index (χ1v) is 19.3. The molecule has 0 atom stereocenters. The van der Waals surface area contributed by atoms with E-state index in [0.717, 1.165) is 12.8 Å². The van der Waals surface area contributed by atoms with E-state index < -0.39 is 10.4 Å². The van der Waals surface area contributed by atoms with E-state index in [1.165, 1.54) is 167 Å². The maximum Gasteiger partial charge on any atom is 1.00 e. The molecule has 0 aromatic heterocycles. The first-order valence-electron chi connectivity index (χ1n) is 18.0. The quantitative estimate of drug-likeness (QED) is 0.0374. The first kappa shape index (κ1) is 55.7. The van der Waals surface area contributed by atoms with Gasteiger partial charge in [-0.05, 0) is 64.2 Å². The van der Waals surface area contributed by atoms with Gasteiger partial charge < -0.3 is 19.3 Å². The third-order valence-corrected chi connectivity index (χ3v) is 7.34. The van der Waals surface area contributed by atoms with Crippen molar-refractivity contribution in [3.05, 3.63) is 24.3 Å². The van der Waals surface area contributed by atoms with Gasteiger partial charge in [0.05, 0.1) is 0 Å². The SMILES string of the molecule is CCCCCCCC/C=C\CCCCCCCCO.CCCCCCCC/C=C\CCCCCCCCO.O=S(=O)([O-])[O-].[Na+].[Na+]. The topological polar surface area (TPSA) is 121 Å². The molecule has 0 saturated carbocycles. The van der Waals surface area contributed by atoms with Gasteiger partial charge in [-0.2, -0.15) is 0 Å². The zero-order chi connectivity index (χ0) is 32.5. The zero-order valence-electron chi connectivity index (χ0n) is 30.5. The minimum absolute atomic E-state index is 0. The van der Waals surface area contributed by atoms with Crippen LogP contribution in [0.1, 0.15) is 194 Å². The number of aliphatic hydroxyl groups is 2. The fourth-order valence-electron chi connectivity index (χ4n) is 4.72. The Morgan fingerprint density at radius 3 is 0.778 bits per heavy atom. The molecular weight excluding hydrogens is 606 g/mol. The average molecular weight is 679 g/mol. The number of hydrogen-bond acceptors (Lipinski definition) is 6. The molecule has 6 nitrogen and oxygen atoms in total. The van der Waals surface area contributed by atoms with Gasteiger partial charge >= 0.3 is 59.1 Å². The van der Waals surface area contributed by atoms with Gasteiger partial charge in [0.1, 0.15) is 0 Å². The summed E-state index contributed by atoms with van der Waals surface area (Å²) in [6, 6.07) is 0. The standard InChI is InChI=1S/2C18H36O.2Na.H2O4S/c2*1-2-3-4-5-6-7-8-9-10-11-12-13-14-15-16-17-18-19;;;1-5(2,3)4/h2*9-10,19H,2-8,11-18H2,1H3;;;(H2,1,2,3,4)/q;;2*+1;/p-2/b2*10-9-;;;. The van der Waals surface area contributed by atoms with Gasteiger partial charge in [-0.15, -0.1) is 0 Å². The monoisotopic (exact) mass is 678 g/mol. The fourth-order valence-corrected chi connectivity index (χ4v) is 4.72. The molecule has 260 valence electrons. The minimum atomic E-state index is -5.17. The minimum Gasteiger partial charge on any atom is -0.759 e. The van der Waals surface area contributed by atoms with Crippen molar-refractivity contribution in [2.24, 2.45) is 0 Å². The van der Waals surface area contributed by atoms with Crippen LogP contribution in [0.25, 0.3) is 0 Å². The molecule has 0 aromatic carbocycles. The summed E-state index contributed by atoms with van der Waals surface area (Å²) >= 11 is 0. The smallest absolute Gasteiger partial charge is 0.759 e. The molecule has 0 aliphatic carbocycles. The van der Waals surface area contributed by atoms with Gasteiger partial charge in [0.2, 0.25) is 0 Å². The summed E-state index contributed by atoms with van der Waals surface area (Å²) in [5.74, 6) is 0. The molecule has 9 heteroatoms. The third-order valence-electron chi connectivity index (χ3n) is 7.34. The van der Waals surface area contributed by atoms with Crippen molar-refractivity contribution < 1.29 is 86.9 Å². The Morgan fingerprint density at radius 2 is 0.578 bits per heavy atom. The van der Waals surface area contributed by atoms with Crippen molar-refractivity contribution in [3.8, 4) is 0 Å². The number of unbranched alkanes of at least 4 members (excludes halogenated alkanes) is 24. The van der Waals surface area contributed by atoms with Crippen LogP contribution >= 0.6 is 0 Å². The van der Waals surface area contributed by atoms with Gasteiger partial charge in [0.15, 0.2) is 0 Å². The normalized spacial score (nSPS) is 11.0. The van der Waals surface area contributed by atoms with Crippen molar-refractivity contribution >= 4 is 10.4 Å². The Bertz CT molecular complexity index is 597. The third kappa shape index (κ3) is 76.6. The molecule has 0 spiro atoms. The summed E-state index contributed by atoms with van der Waals surface area (Å²) < 4.78 is 34.1. The summed E-state index contributed by atoms with van der Waals surface area (Å²) in [6.07, 6.45) is 46.4. The fraction of sp³-hybridized carbons (Fsp3) is 0.889. The van der Waals surface area contributed by atoms with E-state index in [0.29, 0.717) is 13.2 Å². The van der Waals surface area contributed by atoms with E-state index in [2.05, 4.69) is 38.2 Å². The van der Waals surface area contributed by atoms with E-state index in [4.69, 9.17) is 27.7 Å². The van der Waals surface area contributed by atoms with Crippen molar-refractivity contribution in [2.45, 2.75) is 194 Å². The van der Waals surface area contributed by atoms with Gasteiger partial charge in [0.25, 0.3) is 0 Å². The Labute approximate surface area is 325 Å². The molecule has 0 unspecified atom stereocenters. The number of rotatable bonds is 30. The molecule has 45 heavy (non-hydrogen) atoms. The van der Waals surface area contributed by atoms with Crippen LogP contribution in [-0.2, 0) is 10.4 Å². The van der Waals surface area contributed by atoms with Crippen LogP contribution in [0.3, 0.4) is 0 Å². The van der Waals surface area contributed by atoms with Gasteiger partial charge in [-0.3, -0.25) is 8.42 Å². The molecule has 2 N–H and O–H groups in total. The molecule has 0 aromatic rings. The number of hydrogen-bond donors (Lipinski definition) is 2. The average Bonchev–Trinajstić information content (AvgIpc) is 2.97. The van der Waals surface area contributed by atoms with Crippen molar-refractivity contribution in [1.29, 1.82) is 0 Å². The van der Waals surface area contributed by atoms with E-state index >= 15 is 0 Å². The summed E-state index contributed by atoms with van der Waals surface area (Å²) in [5, 5.41) is 17.3. The summed E-state index contributed by atoms with van der Waals surface area (Å²) in [5.41, 5.74) is 0. The van der Waals surface area contributed by atoms with Gasteiger partial charge in [-0.1, -0.05) is 154 Å². The van der Waals surface area contributed by atoms with Crippen LogP contribution in [0.15, 0.2) is 24.3 Å². The molecule has 0 bridgehead atoms. The van der Waals surface area contributed by atoms with E-state index in [1.807, 2.05) is 0 Å². The maximum atomic E-state index is 8.66. The van der Waals surface area contributed by atoms with Crippen molar-refractivity contribution in [2.75, 3.05) is 13.2 Å². The predicted molar refractivity (Wildman–Crippen MR) is 184 cm³/mol. The molecule has 0 fully saturated rings. The molecule has 0 radical (unpaired) electrons. The molecule has 0 aliphatic rings.